The van der Waals surface area contributed by atoms with Crippen molar-refractivity contribution in [2.45, 2.75) is 37.5 Å². The molecule has 16 heavy (non-hydrogen) atoms. The molecular formula is C13H15IOS. The molecule has 2 atom stereocenters. The van der Waals surface area contributed by atoms with Gasteiger partial charge in [0.25, 0.3) is 0 Å². The number of alkyl halides is 1. The number of hydrogen-bond donors (Lipinski definition) is 0. The highest BCUT2D eigenvalue weighted by molar-refractivity contribution is 14.1. The number of thiophene rings is 1. The second-order valence-electron chi connectivity index (χ2n) is 5.00. The Bertz CT molecular complexity index is 425. The summed E-state index contributed by atoms with van der Waals surface area (Å²) in [6.45, 7) is 0. The Hall–Kier alpha value is 0.100. The number of halogens is 1. The summed E-state index contributed by atoms with van der Waals surface area (Å²) in [5.41, 5.74) is 1.39. The van der Waals surface area contributed by atoms with Gasteiger partial charge in [-0.05, 0) is 36.6 Å². The van der Waals surface area contributed by atoms with Gasteiger partial charge in [-0.2, -0.15) is 0 Å². The van der Waals surface area contributed by atoms with Gasteiger partial charge in [0.1, 0.15) is 0 Å². The third kappa shape index (κ3) is 1.43. The van der Waals surface area contributed by atoms with E-state index in [4.69, 9.17) is 0 Å². The van der Waals surface area contributed by atoms with Crippen molar-refractivity contribution in [1.29, 1.82) is 0 Å². The van der Waals surface area contributed by atoms with Crippen LogP contribution >= 0.6 is 33.9 Å². The van der Waals surface area contributed by atoms with E-state index in [1.165, 1.54) is 28.6 Å². The van der Waals surface area contributed by atoms with Crippen molar-refractivity contribution in [3.63, 3.8) is 0 Å². The molecule has 3 heteroatoms. The van der Waals surface area contributed by atoms with Crippen LogP contribution in [0.15, 0.2) is 11.4 Å². The maximum Gasteiger partial charge on any atom is 0.164 e. The highest BCUT2D eigenvalue weighted by Crippen LogP contribution is 2.53. The molecule has 0 saturated heterocycles. The summed E-state index contributed by atoms with van der Waals surface area (Å²) >= 11 is 4.35. The highest BCUT2D eigenvalue weighted by atomic mass is 127. The number of fused-ring (bicyclic) bond motifs is 3. The van der Waals surface area contributed by atoms with Gasteiger partial charge < -0.3 is 0 Å². The Morgan fingerprint density at radius 1 is 1.50 bits per heavy atom. The van der Waals surface area contributed by atoms with Gasteiger partial charge >= 0.3 is 0 Å². The predicted octanol–water partition coefficient (Wildman–Crippen LogP) is 4.20. The SMILES string of the molecule is O=C1CCC2CCCC2(CI)c2sccc21. The fourth-order valence-corrected chi connectivity index (χ4v) is 6.32. The molecule has 2 unspecified atom stereocenters. The highest BCUT2D eigenvalue weighted by Gasteiger charge is 2.47. The molecule has 0 spiro atoms. The zero-order chi connectivity index (χ0) is 11.2. The van der Waals surface area contributed by atoms with Crippen molar-refractivity contribution in [3.05, 3.63) is 21.9 Å². The molecule has 1 aromatic heterocycles. The second-order valence-corrected chi connectivity index (χ2v) is 6.68. The summed E-state index contributed by atoms with van der Waals surface area (Å²) in [5.74, 6) is 1.14. The van der Waals surface area contributed by atoms with Gasteiger partial charge in [0, 0.05) is 26.7 Å². The number of hydrogen-bond acceptors (Lipinski definition) is 2. The van der Waals surface area contributed by atoms with E-state index in [0.717, 1.165) is 24.3 Å². The Kier molecular flexibility index (Phi) is 2.86. The lowest BCUT2D eigenvalue weighted by atomic mass is 9.77. The number of Topliss-reactive ketones (excluding diaryl/α,β-unsaturated/α-hetero) is 1. The fraction of sp³-hybridized carbons (Fsp3) is 0.615. The van der Waals surface area contributed by atoms with E-state index in [-0.39, 0.29) is 0 Å². The van der Waals surface area contributed by atoms with Gasteiger partial charge in [0.05, 0.1) is 0 Å². The molecule has 0 amide bonds. The zero-order valence-electron chi connectivity index (χ0n) is 9.17. The Morgan fingerprint density at radius 3 is 3.19 bits per heavy atom. The average Bonchev–Trinajstić information content (AvgIpc) is 2.90. The van der Waals surface area contributed by atoms with E-state index < -0.39 is 0 Å². The first-order valence-electron chi connectivity index (χ1n) is 5.95. The molecule has 1 nitrogen and oxygen atoms in total. The smallest absolute Gasteiger partial charge is 0.164 e. The molecule has 3 rings (SSSR count). The van der Waals surface area contributed by atoms with Gasteiger partial charge in [-0.25, -0.2) is 0 Å². The number of carbonyl (C=O) groups is 1. The van der Waals surface area contributed by atoms with Crippen molar-refractivity contribution < 1.29 is 4.79 Å². The van der Waals surface area contributed by atoms with Crippen molar-refractivity contribution >= 4 is 39.7 Å². The van der Waals surface area contributed by atoms with Crippen molar-refractivity contribution in [1.82, 2.24) is 0 Å². The molecule has 0 N–H and O–H groups in total. The Balaban J connectivity index is 2.17. The van der Waals surface area contributed by atoms with Crippen molar-refractivity contribution in [2.24, 2.45) is 5.92 Å². The summed E-state index contributed by atoms with van der Waals surface area (Å²) in [6, 6.07) is 2.05. The van der Waals surface area contributed by atoms with Crippen LogP contribution in [-0.4, -0.2) is 10.2 Å². The van der Waals surface area contributed by atoms with Crippen LogP contribution in [0.4, 0.5) is 0 Å². The molecule has 1 fully saturated rings. The molecular weight excluding hydrogens is 331 g/mol. The number of rotatable bonds is 1. The minimum absolute atomic E-state index is 0.343. The standard InChI is InChI=1S/C13H15IOS/c14-8-13-6-1-2-9(13)3-4-11(15)10-5-7-16-12(10)13/h5,7,9H,1-4,6,8H2. The lowest BCUT2D eigenvalue weighted by Gasteiger charge is -2.32. The zero-order valence-corrected chi connectivity index (χ0v) is 12.1. The van der Waals surface area contributed by atoms with Gasteiger partial charge in [0.15, 0.2) is 5.78 Å². The fourth-order valence-electron chi connectivity index (χ4n) is 3.45. The van der Waals surface area contributed by atoms with Crippen molar-refractivity contribution in [3.8, 4) is 0 Å². The molecule has 2 aliphatic rings. The van der Waals surface area contributed by atoms with Gasteiger partial charge in [-0.15, -0.1) is 11.3 Å². The molecule has 2 aliphatic carbocycles. The molecule has 1 aromatic rings. The van der Waals surface area contributed by atoms with E-state index in [0.29, 0.717) is 11.2 Å². The molecule has 0 aromatic carbocycles. The van der Waals surface area contributed by atoms with Crippen LogP contribution < -0.4 is 0 Å². The summed E-state index contributed by atoms with van der Waals surface area (Å²) in [4.78, 5) is 13.5. The molecule has 86 valence electrons. The molecule has 1 heterocycles. The lowest BCUT2D eigenvalue weighted by Crippen LogP contribution is -2.31. The van der Waals surface area contributed by atoms with Gasteiger partial charge in [-0.3, -0.25) is 4.79 Å². The molecule has 0 bridgehead atoms. The third-order valence-corrected chi connectivity index (χ3v) is 6.83. The minimum atomic E-state index is 0.343. The quantitative estimate of drug-likeness (QED) is 0.550. The summed E-state index contributed by atoms with van der Waals surface area (Å²) in [7, 11) is 0. The number of carbonyl (C=O) groups excluding carboxylic acids is 1. The van der Waals surface area contributed by atoms with Crippen LogP contribution in [0.2, 0.25) is 0 Å². The van der Waals surface area contributed by atoms with Crippen LogP contribution in [0, 0.1) is 5.92 Å². The topological polar surface area (TPSA) is 17.1 Å². The van der Waals surface area contributed by atoms with E-state index >= 15 is 0 Å². The van der Waals surface area contributed by atoms with E-state index in [2.05, 4.69) is 34.0 Å². The van der Waals surface area contributed by atoms with Crippen LogP contribution in [0.25, 0.3) is 0 Å². The molecule has 1 saturated carbocycles. The number of ketones is 1. The van der Waals surface area contributed by atoms with Gasteiger partial charge in [-0.1, -0.05) is 29.0 Å². The van der Waals surface area contributed by atoms with Gasteiger partial charge in [0.2, 0.25) is 0 Å². The van der Waals surface area contributed by atoms with Crippen LogP contribution in [0.1, 0.15) is 47.3 Å². The minimum Gasteiger partial charge on any atom is -0.294 e. The third-order valence-electron chi connectivity index (χ3n) is 4.33. The lowest BCUT2D eigenvalue weighted by molar-refractivity contribution is 0.0978. The first kappa shape index (κ1) is 11.2. The normalized spacial score (nSPS) is 33.3. The summed E-state index contributed by atoms with van der Waals surface area (Å²) in [5, 5.41) is 2.11. The van der Waals surface area contributed by atoms with E-state index in [1.807, 2.05) is 11.3 Å². The molecule has 0 aliphatic heterocycles. The maximum absolute atomic E-state index is 12.1. The summed E-state index contributed by atoms with van der Waals surface area (Å²) < 4.78 is 1.18. The maximum atomic E-state index is 12.1. The average molecular weight is 346 g/mol. The van der Waals surface area contributed by atoms with Crippen molar-refractivity contribution in [2.75, 3.05) is 4.43 Å². The van der Waals surface area contributed by atoms with E-state index in [1.54, 1.807) is 0 Å². The van der Waals surface area contributed by atoms with Crippen LogP contribution in [-0.2, 0) is 5.41 Å². The van der Waals surface area contributed by atoms with Crippen LogP contribution in [0.5, 0.6) is 0 Å². The first-order valence-corrected chi connectivity index (χ1v) is 8.35. The first-order chi connectivity index (χ1) is 7.78. The Morgan fingerprint density at radius 2 is 2.38 bits per heavy atom. The molecule has 0 radical (unpaired) electrons. The predicted molar refractivity (Wildman–Crippen MR) is 75.8 cm³/mol. The summed E-state index contributed by atoms with van der Waals surface area (Å²) in [6.07, 6.45) is 5.85. The van der Waals surface area contributed by atoms with E-state index in [9.17, 15) is 4.79 Å². The largest absolute Gasteiger partial charge is 0.294 e. The van der Waals surface area contributed by atoms with Crippen LogP contribution in [0.3, 0.4) is 0 Å². The Labute approximate surface area is 114 Å². The monoisotopic (exact) mass is 346 g/mol. The second kappa shape index (κ2) is 4.09.